The molecule has 0 fully saturated rings. The van der Waals surface area contributed by atoms with Crippen molar-refractivity contribution in [1.82, 2.24) is 10.2 Å². The van der Waals surface area contributed by atoms with E-state index in [2.05, 4.69) is 51.3 Å². The summed E-state index contributed by atoms with van der Waals surface area (Å²) in [5.74, 6) is 1.07. The van der Waals surface area contributed by atoms with E-state index in [1.807, 2.05) is 25.1 Å². The van der Waals surface area contributed by atoms with Crippen molar-refractivity contribution in [2.75, 3.05) is 26.8 Å². The molecule has 1 atom stereocenters. The molecule has 162 valence electrons. The number of hydrogen-bond donors (Lipinski definition) is 1. The number of nitrogens with zero attached hydrogens (tertiary/aromatic N) is 1. The molecule has 31 heavy (non-hydrogen) atoms. The summed E-state index contributed by atoms with van der Waals surface area (Å²) in [7, 11) is 1.60. The minimum Gasteiger partial charge on any atom is -0.493 e. The Labute approximate surface area is 187 Å². The third-order valence-electron chi connectivity index (χ3n) is 5.70. The van der Waals surface area contributed by atoms with Gasteiger partial charge >= 0.3 is 0 Å². The molecule has 1 unspecified atom stereocenters. The smallest absolute Gasteiger partial charge is 0.258 e. The molecule has 2 aromatic carbocycles. The lowest BCUT2D eigenvalue weighted by Gasteiger charge is -2.35. The summed E-state index contributed by atoms with van der Waals surface area (Å²) >= 11 is 1.69. The Morgan fingerprint density at radius 3 is 2.77 bits per heavy atom. The summed E-state index contributed by atoms with van der Waals surface area (Å²) in [6.45, 7) is 4.36. The maximum absolute atomic E-state index is 12.5. The molecule has 5 nitrogen and oxygen atoms in total. The molecule has 0 saturated carbocycles. The first-order valence-electron chi connectivity index (χ1n) is 10.5. The van der Waals surface area contributed by atoms with Gasteiger partial charge in [-0.15, -0.1) is 0 Å². The number of thiophene rings is 1. The Bertz CT molecular complexity index is 1020. The molecular formula is C25H28N2O3S. The summed E-state index contributed by atoms with van der Waals surface area (Å²) in [6, 6.07) is 16.6. The van der Waals surface area contributed by atoms with E-state index in [1.54, 1.807) is 18.4 Å². The Balaban J connectivity index is 1.38. The highest BCUT2D eigenvalue weighted by molar-refractivity contribution is 7.08. The largest absolute Gasteiger partial charge is 0.493 e. The van der Waals surface area contributed by atoms with Crippen molar-refractivity contribution in [3.8, 4) is 11.5 Å². The number of hydrogen-bond acceptors (Lipinski definition) is 5. The van der Waals surface area contributed by atoms with E-state index in [0.29, 0.717) is 18.0 Å². The van der Waals surface area contributed by atoms with Gasteiger partial charge < -0.3 is 14.8 Å². The predicted molar refractivity (Wildman–Crippen MR) is 124 cm³/mol. The fourth-order valence-electron chi connectivity index (χ4n) is 4.00. The van der Waals surface area contributed by atoms with E-state index in [0.717, 1.165) is 25.1 Å². The van der Waals surface area contributed by atoms with Crippen LogP contribution in [0.4, 0.5) is 0 Å². The standard InChI is InChI=1S/C25H28N2O3S/c1-18-7-8-23(24(13-18)29-2)30-16-25(28)26-14-22(21-10-12-31-17-21)27-11-9-19-5-3-4-6-20(19)15-27/h3-8,10,12-13,17,22H,9,11,14-16H2,1-2H3,(H,26,28). The van der Waals surface area contributed by atoms with E-state index >= 15 is 0 Å². The Morgan fingerprint density at radius 1 is 1.16 bits per heavy atom. The number of rotatable bonds is 8. The third kappa shape index (κ3) is 5.27. The molecule has 1 aliphatic heterocycles. The zero-order valence-corrected chi connectivity index (χ0v) is 18.8. The molecule has 6 heteroatoms. The van der Waals surface area contributed by atoms with Gasteiger partial charge in [-0.25, -0.2) is 0 Å². The van der Waals surface area contributed by atoms with Crippen molar-refractivity contribution in [2.45, 2.75) is 25.9 Å². The molecule has 1 amide bonds. The molecule has 1 aliphatic rings. The summed E-state index contributed by atoms with van der Waals surface area (Å²) in [4.78, 5) is 15.0. The number of benzene rings is 2. The van der Waals surface area contributed by atoms with Gasteiger partial charge in [0.15, 0.2) is 18.1 Å². The van der Waals surface area contributed by atoms with Crippen LogP contribution < -0.4 is 14.8 Å². The average Bonchev–Trinajstić information content (AvgIpc) is 3.32. The van der Waals surface area contributed by atoms with Crippen LogP contribution in [-0.2, 0) is 17.8 Å². The van der Waals surface area contributed by atoms with Crippen molar-refractivity contribution in [3.05, 3.63) is 81.5 Å². The lowest BCUT2D eigenvalue weighted by molar-refractivity contribution is -0.123. The summed E-state index contributed by atoms with van der Waals surface area (Å²) < 4.78 is 11.1. The fraction of sp³-hybridized carbons (Fsp3) is 0.320. The first-order valence-corrected chi connectivity index (χ1v) is 11.5. The van der Waals surface area contributed by atoms with Gasteiger partial charge in [-0.05, 0) is 64.6 Å². The lowest BCUT2D eigenvalue weighted by Crippen LogP contribution is -2.41. The van der Waals surface area contributed by atoms with Crippen LogP contribution in [0.5, 0.6) is 11.5 Å². The van der Waals surface area contributed by atoms with Gasteiger partial charge in [-0.2, -0.15) is 11.3 Å². The van der Waals surface area contributed by atoms with Crippen LogP contribution in [0.1, 0.15) is 28.3 Å². The molecule has 0 aliphatic carbocycles. The SMILES string of the molecule is COc1cc(C)ccc1OCC(=O)NCC(c1ccsc1)N1CCc2ccccc2C1. The van der Waals surface area contributed by atoms with Gasteiger partial charge in [-0.3, -0.25) is 9.69 Å². The summed E-state index contributed by atoms with van der Waals surface area (Å²) in [5, 5.41) is 7.33. The highest BCUT2D eigenvalue weighted by Gasteiger charge is 2.25. The van der Waals surface area contributed by atoms with E-state index < -0.39 is 0 Å². The molecule has 3 aromatic rings. The number of carbonyl (C=O) groups excluding carboxylic acids is 1. The third-order valence-corrected chi connectivity index (χ3v) is 6.40. The highest BCUT2D eigenvalue weighted by atomic mass is 32.1. The van der Waals surface area contributed by atoms with Gasteiger partial charge in [-0.1, -0.05) is 30.3 Å². The van der Waals surface area contributed by atoms with E-state index in [4.69, 9.17) is 9.47 Å². The van der Waals surface area contributed by atoms with Crippen molar-refractivity contribution >= 4 is 17.2 Å². The minimum atomic E-state index is -0.139. The minimum absolute atomic E-state index is 0.0430. The molecule has 4 rings (SSSR count). The zero-order valence-electron chi connectivity index (χ0n) is 18.0. The van der Waals surface area contributed by atoms with Crippen LogP contribution in [0.25, 0.3) is 0 Å². The van der Waals surface area contributed by atoms with Crippen LogP contribution in [-0.4, -0.2) is 37.6 Å². The van der Waals surface area contributed by atoms with Crippen LogP contribution in [0.2, 0.25) is 0 Å². The first kappa shape index (κ1) is 21.4. The number of nitrogens with one attached hydrogen (secondary N) is 1. The quantitative estimate of drug-likeness (QED) is 0.570. The predicted octanol–water partition coefficient (Wildman–Crippen LogP) is 4.36. The second kappa shape index (κ2) is 9.98. The summed E-state index contributed by atoms with van der Waals surface area (Å²) in [5.41, 5.74) is 5.11. The summed E-state index contributed by atoms with van der Waals surface area (Å²) in [6.07, 6.45) is 1.03. The lowest BCUT2D eigenvalue weighted by atomic mass is 9.97. The molecule has 0 saturated heterocycles. The van der Waals surface area contributed by atoms with Crippen molar-refractivity contribution < 1.29 is 14.3 Å². The number of ether oxygens (including phenoxy) is 2. The maximum Gasteiger partial charge on any atom is 0.258 e. The second-order valence-electron chi connectivity index (χ2n) is 7.81. The van der Waals surface area contributed by atoms with Crippen LogP contribution in [0.15, 0.2) is 59.3 Å². The normalized spacial score (nSPS) is 14.5. The van der Waals surface area contributed by atoms with Crippen LogP contribution >= 0.6 is 11.3 Å². The van der Waals surface area contributed by atoms with E-state index in [-0.39, 0.29) is 18.6 Å². The van der Waals surface area contributed by atoms with E-state index in [1.165, 1.54) is 16.7 Å². The number of aryl methyl sites for hydroxylation is 1. The number of carbonyl (C=O) groups is 1. The van der Waals surface area contributed by atoms with Gasteiger partial charge in [0.2, 0.25) is 0 Å². The Kier molecular flexibility index (Phi) is 6.89. The molecule has 2 heterocycles. The monoisotopic (exact) mass is 436 g/mol. The van der Waals surface area contributed by atoms with E-state index in [9.17, 15) is 4.79 Å². The van der Waals surface area contributed by atoms with Gasteiger partial charge in [0.25, 0.3) is 5.91 Å². The Morgan fingerprint density at radius 2 is 2.00 bits per heavy atom. The van der Waals surface area contributed by atoms with Gasteiger partial charge in [0, 0.05) is 19.6 Å². The second-order valence-corrected chi connectivity index (χ2v) is 8.59. The zero-order chi connectivity index (χ0) is 21.6. The highest BCUT2D eigenvalue weighted by Crippen LogP contribution is 2.29. The average molecular weight is 437 g/mol. The molecule has 1 aromatic heterocycles. The van der Waals surface area contributed by atoms with Crippen LogP contribution in [0.3, 0.4) is 0 Å². The van der Waals surface area contributed by atoms with Gasteiger partial charge in [0.05, 0.1) is 13.2 Å². The van der Waals surface area contributed by atoms with Crippen LogP contribution in [0, 0.1) is 6.92 Å². The number of methoxy groups -OCH3 is 1. The molecule has 0 bridgehead atoms. The molecule has 0 radical (unpaired) electrons. The fourth-order valence-corrected chi connectivity index (χ4v) is 4.71. The number of amides is 1. The molecular weight excluding hydrogens is 408 g/mol. The topological polar surface area (TPSA) is 50.8 Å². The van der Waals surface area contributed by atoms with Crippen molar-refractivity contribution in [1.29, 1.82) is 0 Å². The Hall–Kier alpha value is -2.83. The maximum atomic E-state index is 12.5. The van der Waals surface area contributed by atoms with Gasteiger partial charge in [0.1, 0.15) is 0 Å². The molecule has 1 N–H and O–H groups in total. The molecule has 0 spiro atoms. The van der Waals surface area contributed by atoms with Crippen molar-refractivity contribution in [2.24, 2.45) is 0 Å². The first-order chi connectivity index (χ1) is 15.1. The van der Waals surface area contributed by atoms with Crippen molar-refractivity contribution in [3.63, 3.8) is 0 Å². The number of fused-ring (bicyclic) bond motifs is 1.